The smallest absolute Gasteiger partial charge is 0.578 e. The Labute approximate surface area is 178 Å². The largest absolute Gasteiger partial charge is 0.604 e. The van der Waals surface area contributed by atoms with Gasteiger partial charge in [0.1, 0.15) is 5.69 Å². The number of rotatable bonds is 4. The number of alkyl halides is 3. The van der Waals surface area contributed by atoms with Crippen LogP contribution in [-0.2, 0) is 28.1 Å². The Bertz CT molecular complexity index is 1420. The fourth-order valence-electron chi connectivity index (χ4n) is 3.29. The van der Waals surface area contributed by atoms with Gasteiger partial charge in [-0.05, 0) is 24.3 Å². The quantitative estimate of drug-likeness (QED) is 0.420. The number of fused-ring (bicyclic) bond motifs is 2. The third kappa shape index (κ3) is 3.77. The molecule has 2 aromatic heterocycles. The number of imidazole rings is 1. The zero-order valence-electron chi connectivity index (χ0n) is 16.3. The topological polar surface area (TPSA) is 87.9 Å². The van der Waals surface area contributed by atoms with Crippen molar-refractivity contribution in [1.29, 1.82) is 0 Å². The highest BCUT2D eigenvalue weighted by Crippen LogP contribution is 2.34. The standard InChI is InChI=1S/C20H16F3N3O3S2/c1-3-31(28,29)17-10-12-6-4-5-7-14(12)24-18(17)19-25-15-11-13(30(27)20(21,22)23)8-9-16(15)26(19)2/h4-11H,3H2,1-2H3. The molecule has 4 rings (SSSR count). The summed E-state index contributed by atoms with van der Waals surface area (Å²) >= 11 is -3.20. The van der Waals surface area contributed by atoms with Crippen LogP contribution >= 0.6 is 0 Å². The van der Waals surface area contributed by atoms with Crippen LogP contribution in [0.25, 0.3) is 33.5 Å². The van der Waals surface area contributed by atoms with Gasteiger partial charge in [0.2, 0.25) is 0 Å². The molecule has 6 nitrogen and oxygen atoms in total. The highest BCUT2D eigenvalue weighted by Gasteiger charge is 2.46. The molecule has 0 aliphatic carbocycles. The molecule has 1 atom stereocenters. The van der Waals surface area contributed by atoms with Crippen molar-refractivity contribution in [3.63, 3.8) is 0 Å². The normalized spacial score (nSPS) is 13.7. The van der Waals surface area contributed by atoms with E-state index < -0.39 is 31.4 Å². The van der Waals surface area contributed by atoms with E-state index in [9.17, 15) is 26.1 Å². The molecule has 0 radical (unpaired) electrons. The molecule has 162 valence electrons. The number of benzene rings is 2. The van der Waals surface area contributed by atoms with E-state index in [1.54, 1.807) is 35.9 Å². The van der Waals surface area contributed by atoms with Crippen molar-refractivity contribution in [2.45, 2.75) is 22.2 Å². The van der Waals surface area contributed by atoms with Crippen molar-refractivity contribution in [1.82, 2.24) is 14.5 Å². The Kier molecular flexibility index (Phi) is 5.23. The summed E-state index contributed by atoms with van der Waals surface area (Å²) in [6.07, 6.45) is 0. The van der Waals surface area contributed by atoms with Gasteiger partial charge in [-0.25, -0.2) is 18.4 Å². The van der Waals surface area contributed by atoms with Crippen molar-refractivity contribution >= 4 is 42.9 Å². The molecule has 0 saturated heterocycles. The van der Waals surface area contributed by atoms with E-state index in [0.29, 0.717) is 16.4 Å². The third-order valence-electron chi connectivity index (χ3n) is 4.89. The summed E-state index contributed by atoms with van der Waals surface area (Å²) in [4.78, 5) is 8.43. The van der Waals surface area contributed by atoms with Crippen LogP contribution in [0.1, 0.15) is 6.92 Å². The lowest BCUT2D eigenvalue weighted by atomic mass is 10.2. The second kappa shape index (κ2) is 7.50. The minimum Gasteiger partial charge on any atom is -0.604 e. The van der Waals surface area contributed by atoms with Crippen molar-refractivity contribution in [2.24, 2.45) is 7.05 Å². The number of nitrogens with zero attached hydrogens (tertiary/aromatic N) is 3. The minimum atomic E-state index is -4.90. The van der Waals surface area contributed by atoms with E-state index in [0.717, 1.165) is 12.1 Å². The first-order valence-corrected chi connectivity index (χ1v) is 11.9. The Morgan fingerprint density at radius 3 is 2.45 bits per heavy atom. The highest BCUT2D eigenvalue weighted by atomic mass is 32.2. The lowest BCUT2D eigenvalue weighted by Gasteiger charge is -2.11. The minimum absolute atomic E-state index is 0.00815. The number of para-hydroxylation sites is 1. The van der Waals surface area contributed by atoms with Gasteiger partial charge in [-0.15, -0.1) is 13.2 Å². The fourth-order valence-corrected chi connectivity index (χ4v) is 5.02. The fraction of sp³-hybridized carbons (Fsp3) is 0.200. The van der Waals surface area contributed by atoms with Crippen LogP contribution in [0, 0.1) is 0 Å². The maximum atomic E-state index is 12.9. The monoisotopic (exact) mass is 467 g/mol. The van der Waals surface area contributed by atoms with Gasteiger partial charge in [0.15, 0.2) is 20.6 Å². The maximum absolute atomic E-state index is 12.9. The number of hydrogen-bond acceptors (Lipinski definition) is 5. The average Bonchev–Trinajstić information content (AvgIpc) is 3.07. The van der Waals surface area contributed by atoms with Gasteiger partial charge >= 0.3 is 5.51 Å². The highest BCUT2D eigenvalue weighted by molar-refractivity contribution is 7.92. The van der Waals surface area contributed by atoms with Crippen molar-refractivity contribution in [2.75, 3.05) is 5.75 Å². The Morgan fingerprint density at radius 2 is 1.77 bits per heavy atom. The van der Waals surface area contributed by atoms with Crippen LogP contribution in [0.2, 0.25) is 0 Å². The molecule has 0 amide bonds. The molecule has 11 heteroatoms. The molecule has 2 heterocycles. The van der Waals surface area contributed by atoms with Gasteiger partial charge in [0.05, 0.1) is 38.4 Å². The number of sulfone groups is 1. The first kappa shape index (κ1) is 21.6. The molecule has 0 fully saturated rings. The molecule has 31 heavy (non-hydrogen) atoms. The summed E-state index contributed by atoms with van der Waals surface area (Å²) in [7, 11) is -2.06. The van der Waals surface area contributed by atoms with E-state index in [4.69, 9.17) is 0 Å². The second-order valence-corrected chi connectivity index (χ2v) is 10.5. The molecule has 0 N–H and O–H groups in total. The zero-order chi connectivity index (χ0) is 22.6. The summed E-state index contributed by atoms with van der Waals surface area (Å²) in [5.41, 5.74) is -3.63. The molecule has 0 aliphatic heterocycles. The summed E-state index contributed by atoms with van der Waals surface area (Å²) in [5.74, 6) is 0.0290. The van der Waals surface area contributed by atoms with E-state index in [-0.39, 0.29) is 27.7 Å². The summed E-state index contributed by atoms with van der Waals surface area (Å²) in [6, 6.07) is 12.1. The first-order chi connectivity index (χ1) is 14.5. The first-order valence-electron chi connectivity index (χ1n) is 9.11. The molecule has 1 unspecified atom stereocenters. The van der Waals surface area contributed by atoms with Gasteiger partial charge in [-0.1, -0.05) is 25.1 Å². The van der Waals surface area contributed by atoms with Crippen LogP contribution in [0.5, 0.6) is 0 Å². The molecular weight excluding hydrogens is 451 g/mol. The Hall–Kier alpha value is -2.63. The van der Waals surface area contributed by atoms with Gasteiger partial charge in [-0.3, -0.25) is 0 Å². The van der Waals surface area contributed by atoms with Crippen LogP contribution in [0.4, 0.5) is 13.2 Å². The van der Waals surface area contributed by atoms with E-state index in [2.05, 4.69) is 9.97 Å². The Balaban J connectivity index is 1.98. The van der Waals surface area contributed by atoms with Gasteiger partial charge in [0.25, 0.3) is 0 Å². The van der Waals surface area contributed by atoms with Crippen LogP contribution in [0.15, 0.2) is 58.3 Å². The Morgan fingerprint density at radius 1 is 1.06 bits per heavy atom. The number of aromatic nitrogens is 3. The molecule has 4 aromatic rings. The van der Waals surface area contributed by atoms with Crippen molar-refractivity contribution in [3.05, 3.63) is 48.5 Å². The number of hydrogen-bond donors (Lipinski definition) is 0. The number of halogens is 3. The number of aryl methyl sites for hydroxylation is 1. The predicted molar refractivity (Wildman–Crippen MR) is 112 cm³/mol. The third-order valence-corrected chi connectivity index (χ3v) is 7.74. The van der Waals surface area contributed by atoms with Crippen molar-refractivity contribution < 1.29 is 26.1 Å². The summed E-state index contributed by atoms with van der Waals surface area (Å²) in [6.45, 7) is 1.52. The van der Waals surface area contributed by atoms with Crippen LogP contribution < -0.4 is 0 Å². The number of pyridine rings is 1. The molecule has 0 spiro atoms. The van der Waals surface area contributed by atoms with E-state index in [1.807, 2.05) is 0 Å². The van der Waals surface area contributed by atoms with Crippen LogP contribution in [-0.4, -0.2) is 38.8 Å². The lowest BCUT2D eigenvalue weighted by molar-refractivity contribution is -0.0435. The van der Waals surface area contributed by atoms with E-state index in [1.165, 1.54) is 19.1 Å². The predicted octanol–water partition coefficient (Wildman–Crippen LogP) is 4.21. The second-order valence-electron chi connectivity index (χ2n) is 6.79. The summed E-state index contributed by atoms with van der Waals surface area (Å²) < 4.78 is 77.4. The zero-order valence-corrected chi connectivity index (χ0v) is 18.0. The van der Waals surface area contributed by atoms with Gasteiger partial charge in [-0.2, -0.15) is 0 Å². The average molecular weight is 467 g/mol. The SMILES string of the molecule is CCS(=O)(=O)c1cc2ccccc2nc1-c1nc2cc([S+]([O-])C(F)(F)F)ccc2n1C. The molecule has 0 aliphatic rings. The summed E-state index contributed by atoms with van der Waals surface area (Å²) in [5, 5.41) is 0.639. The van der Waals surface area contributed by atoms with Crippen LogP contribution in [0.3, 0.4) is 0 Å². The van der Waals surface area contributed by atoms with E-state index >= 15 is 0 Å². The lowest BCUT2D eigenvalue weighted by Crippen LogP contribution is -2.23. The van der Waals surface area contributed by atoms with Crippen molar-refractivity contribution in [3.8, 4) is 11.5 Å². The van der Waals surface area contributed by atoms with Gasteiger partial charge < -0.3 is 9.12 Å². The molecule has 0 saturated carbocycles. The maximum Gasteiger partial charge on any atom is 0.578 e. The molecular formula is C20H16F3N3O3S2. The molecule has 0 bridgehead atoms. The van der Waals surface area contributed by atoms with Gasteiger partial charge in [0, 0.05) is 18.5 Å². The molecule has 2 aromatic carbocycles.